The number of rotatable bonds is 47. The van der Waals surface area contributed by atoms with Crippen molar-refractivity contribution < 1.29 is 37.3 Å². The zero-order chi connectivity index (χ0) is 48.0. The molecule has 0 aliphatic carbocycles. The highest BCUT2D eigenvalue weighted by atomic mass is 31.2. The van der Waals surface area contributed by atoms with Crippen LogP contribution in [0.4, 0.5) is 0 Å². The largest absolute Gasteiger partial charge is 0.472 e. The summed E-state index contributed by atoms with van der Waals surface area (Å²) in [5, 5.41) is 3.02. The summed E-state index contributed by atoms with van der Waals surface area (Å²) >= 11 is 0. The summed E-state index contributed by atoms with van der Waals surface area (Å²) in [7, 11) is 1.46. The van der Waals surface area contributed by atoms with Gasteiger partial charge in [-0.2, -0.15) is 0 Å². The van der Waals surface area contributed by atoms with Crippen molar-refractivity contribution in [2.75, 3.05) is 40.9 Å². The highest BCUT2D eigenvalue weighted by Gasteiger charge is 2.30. The van der Waals surface area contributed by atoms with E-state index < -0.39 is 25.9 Å². The van der Waals surface area contributed by atoms with Crippen LogP contribution in [0.1, 0.15) is 226 Å². The Hall–Kier alpha value is -2.29. The molecule has 0 saturated heterocycles. The maximum absolute atomic E-state index is 13.4. The molecule has 0 fully saturated rings. The summed E-state index contributed by atoms with van der Waals surface area (Å²) in [5.74, 6) is -0.595. The number of nitrogens with zero attached hydrogens (tertiary/aromatic N) is 1. The molecule has 0 radical (unpaired) electrons. The number of hydrogen-bond donors (Lipinski definition) is 2. The fourth-order valence-electron chi connectivity index (χ4n) is 7.32. The van der Waals surface area contributed by atoms with Gasteiger partial charge in [0.1, 0.15) is 19.3 Å². The number of likely N-dealkylation sites (N-methyl/N-ethyl adjacent to an activating group) is 1. The number of amides is 1. The highest BCUT2D eigenvalue weighted by molar-refractivity contribution is 7.47. The van der Waals surface area contributed by atoms with E-state index in [-0.39, 0.29) is 25.5 Å². The van der Waals surface area contributed by atoms with Crippen molar-refractivity contribution >= 4 is 19.7 Å². The van der Waals surface area contributed by atoms with Crippen molar-refractivity contribution in [3.05, 3.63) is 60.8 Å². The molecule has 0 aromatic carbocycles. The number of ether oxygens (including phenoxy) is 1. The van der Waals surface area contributed by atoms with E-state index in [2.05, 4.69) is 68.6 Å². The Kier molecular flexibility index (Phi) is 43.9. The summed E-state index contributed by atoms with van der Waals surface area (Å²) < 4.78 is 30.4. The lowest BCUT2D eigenvalue weighted by Crippen LogP contribution is -2.47. The van der Waals surface area contributed by atoms with Crippen molar-refractivity contribution in [3.63, 3.8) is 0 Å². The average molecular weight is 934 g/mol. The van der Waals surface area contributed by atoms with Gasteiger partial charge in [-0.1, -0.05) is 197 Å². The molecule has 0 heterocycles. The van der Waals surface area contributed by atoms with Gasteiger partial charge in [0, 0.05) is 12.8 Å². The Morgan fingerprint density at radius 3 is 1.49 bits per heavy atom. The van der Waals surface area contributed by atoms with Gasteiger partial charge in [-0.3, -0.25) is 18.6 Å². The molecule has 0 aromatic heterocycles. The zero-order valence-electron chi connectivity index (χ0n) is 43.0. The monoisotopic (exact) mass is 934 g/mol. The number of quaternary nitrogens is 1. The number of esters is 1. The second-order valence-electron chi connectivity index (χ2n) is 19.0. The molecule has 0 aromatic rings. The molecule has 65 heavy (non-hydrogen) atoms. The number of phosphoric ester groups is 1. The van der Waals surface area contributed by atoms with E-state index in [9.17, 15) is 19.0 Å². The predicted octanol–water partition coefficient (Wildman–Crippen LogP) is 15.5. The third-order valence-corrected chi connectivity index (χ3v) is 12.4. The smallest absolute Gasteiger partial charge is 0.456 e. The van der Waals surface area contributed by atoms with Crippen molar-refractivity contribution in [3.8, 4) is 0 Å². The van der Waals surface area contributed by atoms with E-state index in [1.807, 2.05) is 39.4 Å². The fourth-order valence-corrected chi connectivity index (χ4v) is 8.06. The van der Waals surface area contributed by atoms with Gasteiger partial charge < -0.3 is 19.4 Å². The number of carbonyl (C=O) groups is 2. The SMILES string of the molecule is CC/C=C/C/C=C/CCCCCCCCCC(=O)NC(COP(=O)(O)OCC[N+](C)(C)C)C(/C=C/CCCCCCCCCCCC)OC(=O)CC/C=C/C/C=C\CCCCCCCC. The normalized spacial score (nSPS) is 14.4. The summed E-state index contributed by atoms with van der Waals surface area (Å²) in [6.07, 6.45) is 55.1. The molecule has 10 heteroatoms. The molecule has 0 saturated carbocycles. The molecular weight excluding hydrogens is 832 g/mol. The van der Waals surface area contributed by atoms with Crippen molar-refractivity contribution in [1.29, 1.82) is 0 Å². The van der Waals surface area contributed by atoms with Crippen LogP contribution < -0.4 is 5.32 Å². The number of unbranched alkanes of at least 4 members (excludes halogenated alkanes) is 23. The van der Waals surface area contributed by atoms with E-state index in [0.717, 1.165) is 77.0 Å². The van der Waals surface area contributed by atoms with Crippen LogP contribution >= 0.6 is 7.82 Å². The van der Waals surface area contributed by atoms with Gasteiger partial charge in [0.05, 0.1) is 33.8 Å². The van der Waals surface area contributed by atoms with Gasteiger partial charge in [-0.05, 0) is 76.7 Å². The van der Waals surface area contributed by atoms with Gasteiger partial charge in [0.15, 0.2) is 0 Å². The average Bonchev–Trinajstić information content (AvgIpc) is 3.26. The van der Waals surface area contributed by atoms with Crippen LogP contribution in [0, 0.1) is 0 Å². The first-order valence-corrected chi connectivity index (χ1v) is 28.1. The second-order valence-corrected chi connectivity index (χ2v) is 20.5. The van der Waals surface area contributed by atoms with Crippen molar-refractivity contribution in [2.45, 2.75) is 238 Å². The van der Waals surface area contributed by atoms with Gasteiger partial charge in [-0.25, -0.2) is 4.57 Å². The Morgan fingerprint density at radius 1 is 0.554 bits per heavy atom. The van der Waals surface area contributed by atoms with Gasteiger partial charge in [0.25, 0.3) is 0 Å². The van der Waals surface area contributed by atoms with Crippen LogP contribution in [0.2, 0.25) is 0 Å². The van der Waals surface area contributed by atoms with E-state index >= 15 is 0 Å². The number of hydrogen-bond acceptors (Lipinski definition) is 6. The third kappa shape index (κ3) is 46.6. The van der Waals surface area contributed by atoms with Crippen molar-refractivity contribution in [1.82, 2.24) is 5.32 Å². The lowest BCUT2D eigenvalue weighted by Gasteiger charge is -2.27. The summed E-state index contributed by atoms with van der Waals surface area (Å²) in [6.45, 7) is 6.84. The fraction of sp³-hybridized carbons (Fsp3) is 0.782. The Balaban J connectivity index is 5.50. The zero-order valence-corrected chi connectivity index (χ0v) is 43.9. The standard InChI is InChI=1S/C55H101N2O7P/c1-7-10-13-16-19-22-25-28-30-32-35-38-41-44-47-54(58)56-52(51-63-65(60,61)62-50-49-57(4,5)6)53(46-43-40-37-34-31-27-24-21-18-15-12-9-3)64-55(59)48-45-42-39-36-33-29-26-23-20-17-14-11-8-2/h10,13,19,22,29,33,39,42-43,46,52-53H,7-9,11-12,14-18,20-21,23-28,30-32,34-38,40-41,44-45,47-51H2,1-6H3,(H-,56,58,60,61)/p+1/b13-10+,22-19+,33-29-,42-39+,46-43+. The Morgan fingerprint density at radius 2 is 1.00 bits per heavy atom. The first kappa shape index (κ1) is 62.7. The molecule has 378 valence electrons. The quantitative estimate of drug-likeness (QED) is 0.0206. The molecule has 2 N–H and O–H groups in total. The predicted molar refractivity (Wildman–Crippen MR) is 277 cm³/mol. The van der Waals surface area contributed by atoms with Gasteiger partial charge in [0.2, 0.25) is 5.91 Å². The first-order valence-electron chi connectivity index (χ1n) is 26.6. The molecule has 0 bridgehead atoms. The molecule has 0 aliphatic rings. The second kappa shape index (κ2) is 45.5. The first-order chi connectivity index (χ1) is 31.4. The molecule has 1 amide bonds. The van der Waals surface area contributed by atoms with E-state index in [0.29, 0.717) is 23.9 Å². The Bertz CT molecular complexity index is 1300. The molecule has 9 nitrogen and oxygen atoms in total. The number of phosphoric acid groups is 1. The molecule has 0 spiro atoms. The molecule has 0 aliphatic heterocycles. The van der Waals surface area contributed by atoms with E-state index in [1.165, 1.54) is 109 Å². The maximum atomic E-state index is 13.4. The minimum Gasteiger partial charge on any atom is -0.456 e. The van der Waals surface area contributed by atoms with Gasteiger partial charge >= 0.3 is 13.8 Å². The maximum Gasteiger partial charge on any atom is 0.472 e. The van der Waals surface area contributed by atoms with Crippen LogP contribution in [0.25, 0.3) is 0 Å². The molecular formula is C55H102N2O7P+. The molecule has 0 rings (SSSR count). The van der Waals surface area contributed by atoms with Crippen LogP contribution in [0.3, 0.4) is 0 Å². The third-order valence-electron chi connectivity index (χ3n) is 11.5. The minimum absolute atomic E-state index is 0.0297. The lowest BCUT2D eigenvalue weighted by atomic mass is 10.0. The number of carbonyl (C=O) groups excluding carboxylic acids is 2. The van der Waals surface area contributed by atoms with Crippen LogP contribution in [-0.2, 0) is 27.9 Å². The van der Waals surface area contributed by atoms with Gasteiger partial charge in [-0.15, -0.1) is 0 Å². The molecule has 3 atom stereocenters. The highest BCUT2D eigenvalue weighted by Crippen LogP contribution is 2.43. The van der Waals surface area contributed by atoms with Crippen molar-refractivity contribution in [2.24, 2.45) is 0 Å². The van der Waals surface area contributed by atoms with Crippen LogP contribution in [0.15, 0.2) is 60.8 Å². The topological polar surface area (TPSA) is 111 Å². The summed E-state index contributed by atoms with van der Waals surface area (Å²) in [6, 6.07) is -0.873. The van der Waals surface area contributed by atoms with Crippen LogP contribution in [-0.4, -0.2) is 74.3 Å². The van der Waals surface area contributed by atoms with E-state index in [1.54, 1.807) is 0 Å². The lowest BCUT2D eigenvalue weighted by molar-refractivity contribution is -0.870. The number of nitrogens with one attached hydrogen (secondary N) is 1. The Labute approximate surface area is 401 Å². The van der Waals surface area contributed by atoms with Crippen LogP contribution in [0.5, 0.6) is 0 Å². The molecule has 3 unspecified atom stereocenters. The summed E-state index contributed by atoms with van der Waals surface area (Å²) in [4.78, 5) is 37.4. The summed E-state index contributed by atoms with van der Waals surface area (Å²) in [5.41, 5.74) is 0. The van der Waals surface area contributed by atoms with E-state index in [4.69, 9.17) is 13.8 Å². The number of allylic oxidation sites excluding steroid dienone is 9. The minimum atomic E-state index is -4.45.